The van der Waals surface area contributed by atoms with Crippen LogP contribution in [-0.2, 0) is 12.8 Å². The summed E-state index contributed by atoms with van der Waals surface area (Å²) in [6.07, 6.45) is 0.0390. The predicted octanol–water partition coefficient (Wildman–Crippen LogP) is 4.35. The highest BCUT2D eigenvalue weighted by atomic mass is 19.4. The zero-order chi connectivity index (χ0) is 22.6. The number of ether oxygens (including phenoxy) is 2. The number of benzene rings is 2. The lowest BCUT2D eigenvalue weighted by atomic mass is 9.87. The van der Waals surface area contributed by atoms with Gasteiger partial charge in [-0.3, -0.25) is 9.69 Å². The Morgan fingerprint density at radius 2 is 1.84 bits per heavy atom. The number of likely N-dealkylation sites (tertiary alicyclic amines) is 1. The molecule has 4 rings (SSSR count). The van der Waals surface area contributed by atoms with Crippen LogP contribution in [0, 0.1) is 0 Å². The first kappa shape index (κ1) is 22.5. The maximum atomic E-state index is 12.6. The molecule has 1 heterocycles. The molecule has 0 saturated carbocycles. The Hall–Kier alpha value is -2.74. The molecule has 1 aliphatic heterocycles. The number of carbonyl (C=O) groups is 1. The van der Waals surface area contributed by atoms with Gasteiger partial charge in [0.05, 0.1) is 0 Å². The topological polar surface area (TPSA) is 50.8 Å². The summed E-state index contributed by atoms with van der Waals surface area (Å²) in [5.74, 6) is 0.204. The molecule has 2 aromatic carbocycles. The number of rotatable bonds is 7. The van der Waals surface area contributed by atoms with Crippen molar-refractivity contribution in [2.45, 2.75) is 44.5 Å². The lowest BCUT2D eigenvalue weighted by molar-refractivity contribution is -0.274. The summed E-state index contributed by atoms with van der Waals surface area (Å²) < 4.78 is 46.9. The van der Waals surface area contributed by atoms with Gasteiger partial charge in [-0.05, 0) is 86.7 Å². The van der Waals surface area contributed by atoms with Gasteiger partial charge < -0.3 is 14.8 Å². The van der Waals surface area contributed by atoms with E-state index >= 15 is 0 Å². The van der Waals surface area contributed by atoms with Crippen LogP contribution in [0.5, 0.6) is 11.5 Å². The minimum Gasteiger partial charge on any atom is -0.492 e. The van der Waals surface area contributed by atoms with Gasteiger partial charge in [0, 0.05) is 18.2 Å². The number of halogens is 3. The Balaban J connectivity index is 1.34. The summed E-state index contributed by atoms with van der Waals surface area (Å²) >= 11 is 0. The predicted molar refractivity (Wildman–Crippen MR) is 114 cm³/mol. The van der Waals surface area contributed by atoms with E-state index in [1.807, 2.05) is 12.1 Å². The van der Waals surface area contributed by atoms with Crippen LogP contribution in [-0.4, -0.2) is 49.5 Å². The number of fused-ring (bicyclic) bond motifs is 1. The molecule has 0 aromatic heterocycles. The maximum Gasteiger partial charge on any atom is 0.573 e. The molecule has 2 aliphatic rings. The van der Waals surface area contributed by atoms with Crippen molar-refractivity contribution in [3.05, 3.63) is 59.2 Å². The van der Waals surface area contributed by atoms with Gasteiger partial charge in [0.15, 0.2) is 0 Å². The number of hydrogen-bond donors (Lipinski definition) is 1. The van der Waals surface area contributed by atoms with Gasteiger partial charge in [-0.2, -0.15) is 0 Å². The molecular formula is C24H27F3N2O3. The summed E-state index contributed by atoms with van der Waals surface area (Å²) in [6.45, 7) is 3.82. The van der Waals surface area contributed by atoms with Crippen LogP contribution >= 0.6 is 0 Å². The van der Waals surface area contributed by atoms with Crippen LogP contribution in [0.3, 0.4) is 0 Å². The first-order valence-electron chi connectivity index (χ1n) is 11.0. The second kappa shape index (κ2) is 9.81. The largest absolute Gasteiger partial charge is 0.573 e. The smallest absolute Gasteiger partial charge is 0.492 e. The number of hydrogen-bond acceptors (Lipinski definition) is 4. The van der Waals surface area contributed by atoms with Crippen molar-refractivity contribution in [3.63, 3.8) is 0 Å². The third-order valence-corrected chi connectivity index (χ3v) is 5.99. The molecule has 172 valence electrons. The van der Waals surface area contributed by atoms with E-state index in [1.165, 1.54) is 30.5 Å². The molecule has 5 nitrogen and oxygen atoms in total. The molecule has 1 aliphatic carbocycles. The van der Waals surface area contributed by atoms with Gasteiger partial charge >= 0.3 is 6.36 Å². The minimum atomic E-state index is -4.76. The second-order valence-electron chi connectivity index (χ2n) is 8.28. The summed E-state index contributed by atoms with van der Waals surface area (Å²) in [5.41, 5.74) is 2.66. The molecule has 0 unspecified atom stereocenters. The monoisotopic (exact) mass is 448 g/mol. The van der Waals surface area contributed by atoms with Crippen molar-refractivity contribution in [2.24, 2.45) is 0 Å². The summed E-state index contributed by atoms with van der Waals surface area (Å²) in [6, 6.07) is 11.0. The fraction of sp³-hybridized carbons (Fsp3) is 0.458. The van der Waals surface area contributed by atoms with Crippen molar-refractivity contribution >= 4 is 5.91 Å². The average Bonchev–Trinajstić information content (AvgIpc) is 3.27. The molecule has 0 spiro atoms. The van der Waals surface area contributed by atoms with Crippen LogP contribution in [0.4, 0.5) is 13.2 Å². The molecule has 2 aromatic rings. The van der Waals surface area contributed by atoms with E-state index in [4.69, 9.17) is 4.74 Å². The van der Waals surface area contributed by atoms with Gasteiger partial charge in [-0.1, -0.05) is 12.1 Å². The standard InChI is InChI=1S/C24H27F3N2O3/c25-24(26,27)32-20-10-7-18(8-11-20)23(30)28-19-9-6-17-4-3-5-22(21(17)16-19)31-15-14-29-12-1-2-13-29/h3-5,7-8,10-11,19H,1-2,6,9,12-16H2,(H,28,30)/t19-/m1/s1. The van der Waals surface area contributed by atoms with E-state index in [0.717, 1.165) is 55.9 Å². The van der Waals surface area contributed by atoms with Crippen LogP contribution in [0.1, 0.15) is 40.7 Å². The number of nitrogens with one attached hydrogen (secondary N) is 1. The zero-order valence-electron chi connectivity index (χ0n) is 17.8. The molecule has 0 radical (unpaired) electrons. The first-order chi connectivity index (χ1) is 15.4. The maximum absolute atomic E-state index is 12.6. The fourth-order valence-electron chi connectivity index (χ4n) is 4.38. The third kappa shape index (κ3) is 5.94. The average molecular weight is 448 g/mol. The van der Waals surface area contributed by atoms with Gasteiger partial charge in [0.2, 0.25) is 0 Å². The third-order valence-electron chi connectivity index (χ3n) is 5.99. The van der Waals surface area contributed by atoms with Gasteiger partial charge in [0.25, 0.3) is 5.91 Å². The molecule has 1 atom stereocenters. The van der Waals surface area contributed by atoms with Gasteiger partial charge in [-0.25, -0.2) is 0 Å². The highest BCUT2D eigenvalue weighted by Crippen LogP contribution is 2.30. The van der Waals surface area contributed by atoms with Gasteiger partial charge in [0.1, 0.15) is 18.1 Å². The Kier molecular flexibility index (Phi) is 6.89. The van der Waals surface area contributed by atoms with E-state index in [0.29, 0.717) is 18.6 Å². The lowest BCUT2D eigenvalue weighted by Gasteiger charge is -2.27. The first-order valence-corrected chi connectivity index (χ1v) is 11.0. The van der Waals surface area contributed by atoms with E-state index in [9.17, 15) is 18.0 Å². The van der Waals surface area contributed by atoms with E-state index in [1.54, 1.807) is 0 Å². The van der Waals surface area contributed by atoms with E-state index in [2.05, 4.69) is 21.0 Å². The summed E-state index contributed by atoms with van der Waals surface area (Å²) in [5, 5.41) is 3.01. The van der Waals surface area contributed by atoms with Crippen LogP contribution in [0.25, 0.3) is 0 Å². The molecule has 1 N–H and O–H groups in total. The molecule has 32 heavy (non-hydrogen) atoms. The van der Waals surface area contributed by atoms with Crippen LogP contribution in [0.15, 0.2) is 42.5 Å². The lowest BCUT2D eigenvalue weighted by Crippen LogP contribution is -2.39. The van der Waals surface area contributed by atoms with Crippen molar-refractivity contribution in [2.75, 3.05) is 26.2 Å². The molecule has 8 heteroatoms. The summed E-state index contributed by atoms with van der Waals surface area (Å²) in [7, 11) is 0. The molecule has 1 saturated heterocycles. The molecule has 1 amide bonds. The van der Waals surface area contributed by atoms with Crippen molar-refractivity contribution in [1.82, 2.24) is 10.2 Å². The minimum absolute atomic E-state index is 0.0653. The highest BCUT2D eigenvalue weighted by molar-refractivity contribution is 5.94. The number of aryl methyl sites for hydroxylation is 1. The van der Waals surface area contributed by atoms with Crippen LogP contribution in [0.2, 0.25) is 0 Å². The number of alkyl halides is 3. The second-order valence-corrected chi connectivity index (χ2v) is 8.28. The van der Waals surface area contributed by atoms with E-state index < -0.39 is 6.36 Å². The number of amides is 1. The SMILES string of the molecule is O=C(N[C@@H]1CCc2cccc(OCCN3CCCC3)c2C1)c1ccc(OC(F)(F)F)cc1. The fourth-order valence-corrected chi connectivity index (χ4v) is 4.38. The van der Waals surface area contributed by atoms with Crippen molar-refractivity contribution < 1.29 is 27.4 Å². The number of carbonyl (C=O) groups excluding carboxylic acids is 1. The van der Waals surface area contributed by atoms with Crippen molar-refractivity contribution in [3.8, 4) is 11.5 Å². The zero-order valence-corrected chi connectivity index (χ0v) is 17.8. The van der Waals surface area contributed by atoms with E-state index in [-0.39, 0.29) is 17.7 Å². The Bertz CT molecular complexity index is 925. The molecule has 0 bridgehead atoms. The van der Waals surface area contributed by atoms with Crippen LogP contribution < -0.4 is 14.8 Å². The highest BCUT2D eigenvalue weighted by Gasteiger charge is 2.31. The Labute approximate surface area is 185 Å². The molecular weight excluding hydrogens is 421 g/mol. The Morgan fingerprint density at radius 3 is 2.56 bits per heavy atom. The molecule has 1 fully saturated rings. The van der Waals surface area contributed by atoms with Gasteiger partial charge in [-0.15, -0.1) is 13.2 Å². The number of nitrogens with zero attached hydrogens (tertiary/aromatic N) is 1. The summed E-state index contributed by atoms with van der Waals surface area (Å²) in [4.78, 5) is 15.0. The Morgan fingerprint density at radius 1 is 1.09 bits per heavy atom. The normalized spacial score (nSPS) is 18.8. The quantitative estimate of drug-likeness (QED) is 0.685. The van der Waals surface area contributed by atoms with Crippen molar-refractivity contribution in [1.29, 1.82) is 0 Å².